The van der Waals surface area contributed by atoms with Gasteiger partial charge in [0.1, 0.15) is 0 Å². The van der Waals surface area contributed by atoms with Crippen LogP contribution < -0.4 is 4.90 Å². The first-order valence-corrected chi connectivity index (χ1v) is 7.63. The fourth-order valence-corrected chi connectivity index (χ4v) is 3.04. The number of aryl methyl sites for hydroxylation is 1. The Hall–Kier alpha value is -2.18. The molecule has 2 fully saturated rings. The van der Waals surface area contributed by atoms with Crippen molar-refractivity contribution < 1.29 is 14.7 Å². The van der Waals surface area contributed by atoms with E-state index in [0.717, 1.165) is 37.3 Å². The lowest BCUT2D eigenvalue weighted by Crippen LogP contribution is -2.27. The van der Waals surface area contributed by atoms with Crippen molar-refractivity contribution in [2.24, 2.45) is 5.92 Å². The molecule has 0 spiro atoms. The van der Waals surface area contributed by atoms with Gasteiger partial charge in [0.25, 0.3) is 0 Å². The van der Waals surface area contributed by atoms with Crippen LogP contribution in [0.1, 0.15) is 30.7 Å². The summed E-state index contributed by atoms with van der Waals surface area (Å²) in [4.78, 5) is 35.7. The second kappa shape index (κ2) is 5.90. The van der Waals surface area contributed by atoms with Gasteiger partial charge in [-0.15, -0.1) is 0 Å². The van der Waals surface area contributed by atoms with Gasteiger partial charge in [0.05, 0.1) is 18.2 Å². The number of carboxylic acids is 1. The highest BCUT2D eigenvalue weighted by molar-refractivity contribution is 5.86. The highest BCUT2D eigenvalue weighted by Gasteiger charge is 2.34. The van der Waals surface area contributed by atoms with Gasteiger partial charge in [-0.1, -0.05) is 0 Å². The molecule has 7 nitrogen and oxygen atoms in total. The Morgan fingerprint density at radius 2 is 2.09 bits per heavy atom. The first-order chi connectivity index (χ1) is 10.5. The molecule has 1 unspecified atom stereocenters. The van der Waals surface area contributed by atoms with Gasteiger partial charge in [-0.2, -0.15) is 0 Å². The molecule has 2 aliphatic heterocycles. The van der Waals surface area contributed by atoms with Crippen LogP contribution in [-0.2, 0) is 16.1 Å². The van der Waals surface area contributed by atoms with Crippen molar-refractivity contribution in [2.75, 3.05) is 24.5 Å². The van der Waals surface area contributed by atoms with Crippen LogP contribution >= 0.6 is 0 Å². The van der Waals surface area contributed by atoms with Gasteiger partial charge in [-0.25, -0.2) is 9.97 Å². The maximum Gasteiger partial charge on any atom is 0.308 e. The van der Waals surface area contributed by atoms with Crippen LogP contribution in [0.5, 0.6) is 0 Å². The third kappa shape index (κ3) is 3.03. The summed E-state index contributed by atoms with van der Waals surface area (Å²) in [6.07, 6.45) is 2.38. The smallest absolute Gasteiger partial charge is 0.308 e. The summed E-state index contributed by atoms with van der Waals surface area (Å²) in [6, 6.07) is 1.86. The van der Waals surface area contributed by atoms with E-state index in [9.17, 15) is 9.59 Å². The second-order valence-electron chi connectivity index (χ2n) is 6.01. The number of aromatic nitrogens is 2. The summed E-state index contributed by atoms with van der Waals surface area (Å²) in [6.45, 7) is 4.46. The number of carbonyl (C=O) groups is 2. The molecule has 0 aliphatic carbocycles. The van der Waals surface area contributed by atoms with Crippen LogP contribution in [-0.4, -0.2) is 51.5 Å². The Labute approximate surface area is 129 Å². The highest BCUT2D eigenvalue weighted by Crippen LogP contribution is 2.22. The summed E-state index contributed by atoms with van der Waals surface area (Å²) in [5.41, 5.74) is 1.64. The Kier molecular flexibility index (Phi) is 3.96. The Balaban J connectivity index is 1.75. The van der Waals surface area contributed by atoms with Gasteiger partial charge >= 0.3 is 5.97 Å². The fraction of sp³-hybridized carbons (Fsp3) is 0.600. The van der Waals surface area contributed by atoms with Gasteiger partial charge in [0.2, 0.25) is 11.9 Å². The van der Waals surface area contributed by atoms with E-state index in [4.69, 9.17) is 5.11 Å². The molecule has 0 saturated carbocycles. The molecule has 1 atom stereocenters. The van der Waals surface area contributed by atoms with Crippen LogP contribution in [0.15, 0.2) is 6.07 Å². The summed E-state index contributed by atoms with van der Waals surface area (Å²) >= 11 is 0. The summed E-state index contributed by atoms with van der Waals surface area (Å²) in [5.74, 6) is -0.915. The molecular weight excluding hydrogens is 284 g/mol. The molecule has 1 N–H and O–H groups in total. The standard InChI is InChI=1S/C15H20N4O3/c1-10-6-12(17-15(16-10)18-4-2-3-5-18)9-19-8-11(14(21)22)7-13(19)20/h6,11H,2-5,7-9H2,1H3,(H,21,22). The molecule has 22 heavy (non-hydrogen) atoms. The zero-order valence-corrected chi connectivity index (χ0v) is 12.7. The maximum atomic E-state index is 11.9. The molecular formula is C15H20N4O3. The molecule has 118 valence electrons. The first kappa shape index (κ1) is 14.7. The number of carboxylic acid groups (broad SMARTS) is 1. The number of hydrogen-bond donors (Lipinski definition) is 1. The maximum absolute atomic E-state index is 11.9. The summed E-state index contributed by atoms with van der Waals surface area (Å²) in [5, 5.41) is 9.04. The number of likely N-dealkylation sites (tertiary alicyclic amines) is 1. The van der Waals surface area contributed by atoms with Crippen LogP contribution in [0.25, 0.3) is 0 Å². The molecule has 3 rings (SSSR count). The monoisotopic (exact) mass is 304 g/mol. The summed E-state index contributed by atoms with van der Waals surface area (Å²) < 4.78 is 0. The van der Waals surface area contributed by atoms with E-state index in [-0.39, 0.29) is 18.9 Å². The van der Waals surface area contributed by atoms with Gasteiger partial charge in [-0.05, 0) is 25.8 Å². The minimum absolute atomic E-state index is 0.0817. The van der Waals surface area contributed by atoms with E-state index in [1.165, 1.54) is 0 Å². The van der Waals surface area contributed by atoms with E-state index in [1.54, 1.807) is 4.90 Å². The molecule has 0 bridgehead atoms. The molecule has 1 aromatic heterocycles. The lowest BCUT2D eigenvalue weighted by molar-refractivity contribution is -0.141. The molecule has 2 saturated heterocycles. The van der Waals surface area contributed by atoms with E-state index in [2.05, 4.69) is 14.9 Å². The molecule has 1 aromatic rings. The van der Waals surface area contributed by atoms with Crippen molar-refractivity contribution in [2.45, 2.75) is 32.7 Å². The van der Waals surface area contributed by atoms with Gasteiger partial charge in [-0.3, -0.25) is 9.59 Å². The molecule has 3 heterocycles. The third-order valence-corrected chi connectivity index (χ3v) is 4.20. The SMILES string of the molecule is Cc1cc(CN2CC(C(=O)O)CC2=O)nc(N2CCCC2)n1. The average Bonchev–Trinajstić information content (AvgIpc) is 3.09. The van der Waals surface area contributed by atoms with Gasteiger partial charge in [0.15, 0.2) is 0 Å². The lowest BCUT2D eigenvalue weighted by Gasteiger charge is -2.19. The van der Waals surface area contributed by atoms with E-state index in [0.29, 0.717) is 12.5 Å². The zero-order chi connectivity index (χ0) is 15.7. The number of carbonyl (C=O) groups excluding carboxylic acids is 1. The summed E-state index contributed by atoms with van der Waals surface area (Å²) in [7, 11) is 0. The predicted molar refractivity (Wildman–Crippen MR) is 79.4 cm³/mol. The number of nitrogens with zero attached hydrogens (tertiary/aromatic N) is 4. The number of hydrogen-bond acceptors (Lipinski definition) is 5. The van der Waals surface area contributed by atoms with E-state index >= 15 is 0 Å². The first-order valence-electron chi connectivity index (χ1n) is 7.63. The molecule has 2 aliphatic rings. The molecule has 0 aromatic carbocycles. The fourth-order valence-electron chi connectivity index (χ4n) is 3.04. The van der Waals surface area contributed by atoms with Gasteiger partial charge < -0.3 is 14.9 Å². The second-order valence-corrected chi connectivity index (χ2v) is 6.01. The Morgan fingerprint density at radius 3 is 2.73 bits per heavy atom. The van der Waals surface area contributed by atoms with Crippen molar-refractivity contribution in [3.63, 3.8) is 0 Å². The lowest BCUT2D eigenvalue weighted by atomic mass is 10.1. The van der Waals surface area contributed by atoms with Crippen LogP contribution in [0, 0.1) is 12.8 Å². The zero-order valence-electron chi connectivity index (χ0n) is 12.7. The Morgan fingerprint density at radius 1 is 1.36 bits per heavy atom. The largest absolute Gasteiger partial charge is 0.481 e. The van der Waals surface area contributed by atoms with Crippen LogP contribution in [0.2, 0.25) is 0 Å². The van der Waals surface area contributed by atoms with Gasteiger partial charge in [0, 0.05) is 31.7 Å². The topological polar surface area (TPSA) is 86.6 Å². The van der Waals surface area contributed by atoms with Crippen LogP contribution in [0.3, 0.4) is 0 Å². The normalized spacial score (nSPS) is 21.7. The number of anilines is 1. The number of aliphatic carboxylic acids is 1. The molecule has 0 radical (unpaired) electrons. The predicted octanol–water partition coefficient (Wildman–Crippen LogP) is 0.818. The van der Waals surface area contributed by atoms with Crippen LogP contribution in [0.4, 0.5) is 5.95 Å². The third-order valence-electron chi connectivity index (χ3n) is 4.20. The molecule has 1 amide bonds. The van der Waals surface area contributed by atoms with Crippen molar-refractivity contribution in [3.05, 3.63) is 17.5 Å². The average molecular weight is 304 g/mol. The van der Waals surface area contributed by atoms with E-state index in [1.807, 2.05) is 13.0 Å². The Bertz CT molecular complexity index is 598. The van der Waals surface area contributed by atoms with Crippen molar-refractivity contribution in [1.29, 1.82) is 0 Å². The minimum atomic E-state index is -0.910. The highest BCUT2D eigenvalue weighted by atomic mass is 16.4. The molecule has 7 heteroatoms. The number of amides is 1. The minimum Gasteiger partial charge on any atom is -0.481 e. The van der Waals surface area contributed by atoms with E-state index < -0.39 is 11.9 Å². The van der Waals surface area contributed by atoms with Crippen molar-refractivity contribution >= 4 is 17.8 Å². The number of rotatable bonds is 4. The van der Waals surface area contributed by atoms with Crippen molar-refractivity contribution in [3.8, 4) is 0 Å². The quantitative estimate of drug-likeness (QED) is 0.886. The van der Waals surface area contributed by atoms with Crippen molar-refractivity contribution in [1.82, 2.24) is 14.9 Å².